The average Bonchev–Trinajstić information content (AvgIpc) is 2.77. The smallest absolute Gasteiger partial charge is 0.0967 e. The Balaban J connectivity index is 1.87. The zero-order valence-electron chi connectivity index (χ0n) is 11.5. The molecule has 102 valence electrons. The van der Waals surface area contributed by atoms with Crippen LogP contribution in [0.25, 0.3) is 0 Å². The fraction of sp³-hybridized carbons (Fsp3) is 0.846. The average molecular weight is 251 g/mol. The second-order valence-corrected chi connectivity index (χ2v) is 5.60. The molecule has 2 atom stereocenters. The summed E-state index contributed by atoms with van der Waals surface area (Å²) in [6, 6.07) is 0.702. The Kier molecular flexibility index (Phi) is 4.72. The van der Waals surface area contributed by atoms with Crippen molar-refractivity contribution in [3.63, 3.8) is 0 Å². The van der Waals surface area contributed by atoms with Gasteiger partial charge in [-0.25, -0.2) is 0 Å². The molecular formula is C13H25N5. The van der Waals surface area contributed by atoms with Crippen LogP contribution in [0.4, 0.5) is 0 Å². The predicted octanol–water partition coefficient (Wildman–Crippen LogP) is 1.25. The number of aromatic nitrogens is 3. The summed E-state index contributed by atoms with van der Waals surface area (Å²) in [5, 5.41) is 8.28. The van der Waals surface area contributed by atoms with Crippen LogP contribution in [-0.4, -0.2) is 39.5 Å². The van der Waals surface area contributed by atoms with Crippen LogP contribution in [-0.2, 0) is 13.1 Å². The van der Waals surface area contributed by atoms with Gasteiger partial charge in [0.1, 0.15) is 0 Å². The third-order valence-corrected chi connectivity index (χ3v) is 3.89. The highest BCUT2D eigenvalue weighted by Crippen LogP contribution is 2.27. The maximum atomic E-state index is 5.50. The normalized spacial score (nSPS) is 24.7. The minimum absolute atomic E-state index is 0.610. The van der Waals surface area contributed by atoms with E-state index in [1.54, 1.807) is 0 Å². The summed E-state index contributed by atoms with van der Waals surface area (Å²) >= 11 is 0. The summed E-state index contributed by atoms with van der Waals surface area (Å²) in [4.78, 5) is 2.42. The lowest BCUT2D eigenvalue weighted by molar-refractivity contribution is 0.156. The van der Waals surface area contributed by atoms with Crippen LogP contribution < -0.4 is 5.73 Å². The van der Waals surface area contributed by atoms with Crippen molar-refractivity contribution < 1.29 is 0 Å². The first kappa shape index (κ1) is 13.5. The molecule has 1 aliphatic carbocycles. The number of hydrogen-bond donors (Lipinski definition) is 1. The minimum atomic E-state index is 0.610. The lowest BCUT2D eigenvalue weighted by Gasteiger charge is -2.33. The van der Waals surface area contributed by atoms with E-state index in [0.29, 0.717) is 12.6 Å². The fourth-order valence-electron chi connectivity index (χ4n) is 2.84. The van der Waals surface area contributed by atoms with Gasteiger partial charge in [0.2, 0.25) is 0 Å². The summed E-state index contributed by atoms with van der Waals surface area (Å²) in [7, 11) is 2.20. The second kappa shape index (κ2) is 6.29. The standard InChI is InChI=1S/C13H25N5/c1-11-4-3-5-13(8-11)17(2)9-12-10-18(7-6-14)16-15-12/h10-11,13H,3-9,14H2,1-2H3. The molecule has 1 aromatic heterocycles. The Labute approximate surface area is 109 Å². The highest BCUT2D eigenvalue weighted by atomic mass is 15.4. The molecule has 5 heteroatoms. The van der Waals surface area contributed by atoms with Crippen LogP contribution >= 0.6 is 0 Å². The molecule has 18 heavy (non-hydrogen) atoms. The van der Waals surface area contributed by atoms with Crippen LogP contribution in [0.5, 0.6) is 0 Å². The van der Waals surface area contributed by atoms with Crippen molar-refractivity contribution in [1.82, 2.24) is 19.9 Å². The van der Waals surface area contributed by atoms with Crippen molar-refractivity contribution in [2.75, 3.05) is 13.6 Å². The van der Waals surface area contributed by atoms with Crippen molar-refractivity contribution in [3.8, 4) is 0 Å². The van der Waals surface area contributed by atoms with E-state index in [0.717, 1.165) is 24.7 Å². The van der Waals surface area contributed by atoms with Gasteiger partial charge in [0.15, 0.2) is 0 Å². The van der Waals surface area contributed by atoms with Crippen molar-refractivity contribution in [3.05, 3.63) is 11.9 Å². The Bertz CT molecular complexity index is 362. The Hall–Kier alpha value is -0.940. The zero-order valence-corrected chi connectivity index (χ0v) is 11.5. The first-order valence-electron chi connectivity index (χ1n) is 6.98. The molecule has 5 nitrogen and oxygen atoms in total. The highest BCUT2D eigenvalue weighted by molar-refractivity contribution is 4.93. The third-order valence-electron chi connectivity index (χ3n) is 3.89. The molecule has 2 rings (SSSR count). The van der Waals surface area contributed by atoms with Gasteiger partial charge >= 0.3 is 0 Å². The predicted molar refractivity (Wildman–Crippen MR) is 72.0 cm³/mol. The van der Waals surface area contributed by atoms with E-state index in [-0.39, 0.29) is 0 Å². The molecule has 0 radical (unpaired) electrons. The maximum Gasteiger partial charge on any atom is 0.0967 e. The topological polar surface area (TPSA) is 60.0 Å². The number of nitrogens with two attached hydrogens (primary N) is 1. The molecule has 2 N–H and O–H groups in total. The van der Waals surface area contributed by atoms with Gasteiger partial charge < -0.3 is 5.73 Å². The molecule has 2 unspecified atom stereocenters. The molecule has 0 bridgehead atoms. The molecule has 0 saturated heterocycles. The first-order valence-corrected chi connectivity index (χ1v) is 6.98. The van der Waals surface area contributed by atoms with Gasteiger partial charge in [-0.3, -0.25) is 9.58 Å². The van der Waals surface area contributed by atoms with Crippen molar-refractivity contribution in [2.45, 2.75) is 51.7 Å². The summed E-state index contributed by atoms with van der Waals surface area (Å²) < 4.78 is 1.83. The van der Waals surface area contributed by atoms with Crippen LogP contribution in [0, 0.1) is 5.92 Å². The molecule has 0 amide bonds. The van der Waals surface area contributed by atoms with Crippen molar-refractivity contribution >= 4 is 0 Å². The van der Waals surface area contributed by atoms with Crippen LogP contribution in [0.1, 0.15) is 38.3 Å². The quantitative estimate of drug-likeness (QED) is 0.855. The van der Waals surface area contributed by atoms with Crippen molar-refractivity contribution in [1.29, 1.82) is 0 Å². The van der Waals surface area contributed by atoms with E-state index in [4.69, 9.17) is 5.73 Å². The van der Waals surface area contributed by atoms with Crippen LogP contribution in [0.3, 0.4) is 0 Å². The molecule has 1 aliphatic rings. The summed E-state index contributed by atoms with van der Waals surface area (Å²) in [5.41, 5.74) is 6.55. The SMILES string of the molecule is CC1CCCC(N(C)Cc2cn(CCN)nn2)C1. The maximum absolute atomic E-state index is 5.50. The van der Waals surface area contributed by atoms with Gasteiger partial charge in [0.25, 0.3) is 0 Å². The molecule has 0 aliphatic heterocycles. The van der Waals surface area contributed by atoms with E-state index in [1.165, 1.54) is 25.7 Å². The molecule has 1 fully saturated rings. The van der Waals surface area contributed by atoms with E-state index in [9.17, 15) is 0 Å². The summed E-state index contributed by atoms with van der Waals surface area (Å²) in [5.74, 6) is 0.860. The van der Waals surface area contributed by atoms with Crippen LogP contribution in [0.15, 0.2) is 6.20 Å². The van der Waals surface area contributed by atoms with E-state index in [1.807, 2.05) is 10.9 Å². The third kappa shape index (κ3) is 3.53. The lowest BCUT2D eigenvalue weighted by Crippen LogP contribution is -2.35. The molecule has 1 saturated carbocycles. The molecule has 1 aromatic rings. The van der Waals surface area contributed by atoms with Crippen molar-refractivity contribution in [2.24, 2.45) is 11.7 Å². The van der Waals surface area contributed by atoms with Gasteiger partial charge in [-0.1, -0.05) is 25.0 Å². The highest BCUT2D eigenvalue weighted by Gasteiger charge is 2.22. The fourth-order valence-corrected chi connectivity index (χ4v) is 2.84. The Morgan fingerprint density at radius 1 is 1.50 bits per heavy atom. The van der Waals surface area contributed by atoms with Crippen LogP contribution in [0.2, 0.25) is 0 Å². The molecule has 0 spiro atoms. The largest absolute Gasteiger partial charge is 0.329 e. The van der Waals surface area contributed by atoms with Gasteiger partial charge in [0.05, 0.1) is 12.2 Å². The Morgan fingerprint density at radius 3 is 3.06 bits per heavy atom. The summed E-state index contributed by atoms with van der Waals surface area (Å²) in [6.07, 6.45) is 7.38. The van der Waals surface area contributed by atoms with Gasteiger partial charge in [-0.15, -0.1) is 5.10 Å². The van der Waals surface area contributed by atoms with Gasteiger partial charge in [-0.2, -0.15) is 0 Å². The zero-order chi connectivity index (χ0) is 13.0. The second-order valence-electron chi connectivity index (χ2n) is 5.60. The summed E-state index contributed by atoms with van der Waals surface area (Å²) in [6.45, 7) is 4.61. The van der Waals surface area contributed by atoms with E-state index < -0.39 is 0 Å². The van der Waals surface area contributed by atoms with Gasteiger partial charge in [0, 0.05) is 25.3 Å². The Morgan fingerprint density at radius 2 is 2.33 bits per heavy atom. The number of hydrogen-bond acceptors (Lipinski definition) is 4. The molecule has 1 heterocycles. The molecule has 0 aromatic carbocycles. The number of nitrogens with zero attached hydrogens (tertiary/aromatic N) is 4. The van der Waals surface area contributed by atoms with Gasteiger partial charge in [-0.05, 0) is 25.8 Å². The molecular weight excluding hydrogens is 226 g/mol. The first-order chi connectivity index (χ1) is 8.69. The lowest BCUT2D eigenvalue weighted by atomic mass is 9.86. The van der Waals surface area contributed by atoms with E-state index in [2.05, 4.69) is 29.2 Å². The monoisotopic (exact) mass is 251 g/mol. The number of rotatable bonds is 5. The minimum Gasteiger partial charge on any atom is -0.329 e. The van der Waals surface area contributed by atoms with E-state index >= 15 is 0 Å².